The molecule has 1 aromatic heterocycles. The Morgan fingerprint density at radius 1 is 1.21 bits per heavy atom. The lowest BCUT2D eigenvalue weighted by Gasteiger charge is -2.31. The van der Waals surface area contributed by atoms with E-state index in [1.165, 1.54) is 32.4 Å². The molecule has 1 aliphatic heterocycles. The van der Waals surface area contributed by atoms with Crippen LogP contribution in [0.2, 0.25) is 0 Å². The van der Waals surface area contributed by atoms with Crippen LogP contribution < -0.4 is 0 Å². The van der Waals surface area contributed by atoms with Crippen LogP contribution in [0.1, 0.15) is 48.3 Å². The van der Waals surface area contributed by atoms with Crippen molar-refractivity contribution in [1.29, 1.82) is 0 Å². The summed E-state index contributed by atoms with van der Waals surface area (Å²) in [6.45, 7) is 3.38. The highest BCUT2D eigenvalue weighted by Crippen LogP contribution is 2.22. The first-order valence-corrected chi connectivity index (χ1v) is 9.10. The van der Waals surface area contributed by atoms with Crippen molar-refractivity contribution in [2.24, 2.45) is 5.92 Å². The summed E-state index contributed by atoms with van der Waals surface area (Å²) in [4.78, 5) is 22.1. The highest BCUT2D eigenvalue weighted by atomic mass is 16.1. The summed E-state index contributed by atoms with van der Waals surface area (Å²) in [5, 5.41) is 0. The predicted octanol–water partition coefficient (Wildman–Crippen LogP) is 3.72. The number of ketones is 1. The van der Waals surface area contributed by atoms with Crippen LogP contribution in [0, 0.1) is 5.92 Å². The molecule has 0 bridgehead atoms. The summed E-state index contributed by atoms with van der Waals surface area (Å²) in [5.74, 6) is 2.19. The molecule has 3 rings (SSSR count). The fraction of sp³-hybridized carbons (Fsp3) is 0.500. The van der Waals surface area contributed by atoms with Gasteiger partial charge in [0.15, 0.2) is 5.78 Å². The maximum absolute atomic E-state index is 12.1. The van der Waals surface area contributed by atoms with E-state index in [2.05, 4.69) is 14.9 Å². The molecule has 2 aromatic rings. The standard InChI is InChI=1S/C20H27N3O/c24-19(18-5-2-1-3-6-18)7-4-14-23-15-10-17(11-16-23)8-9-20-21-12-13-22-20/h1-3,5-6,12-13,17H,4,7-11,14-16H2,(H,21,22). The first-order chi connectivity index (χ1) is 11.8. The molecule has 4 nitrogen and oxygen atoms in total. The number of aromatic nitrogens is 2. The molecule has 1 N–H and O–H groups in total. The Morgan fingerprint density at radius 3 is 2.71 bits per heavy atom. The number of rotatable bonds is 8. The number of H-pyrrole nitrogens is 1. The highest BCUT2D eigenvalue weighted by molar-refractivity contribution is 5.95. The van der Waals surface area contributed by atoms with E-state index in [1.54, 1.807) is 0 Å². The van der Waals surface area contributed by atoms with Gasteiger partial charge in [0.1, 0.15) is 5.82 Å². The van der Waals surface area contributed by atoms with Crippen molar-refractivity contribution >= 4 is 5.78 Å². The number of hydrogen-bond donors (Lipinski definition) is 1. The van der Waals surface area contributed by atoms with Gasteiger partial charge < -0.3 is 9.88 Å². The lowest BCUT2D eigenvalue weighted by Crippen LogP contribution is -2.34. The molecule has 24 heavy (non-hydrogen) atoms. The lowest BCUT2D eigenvalue weighted by atomic mass is 9.92. The van der Waals surface area contributed by atoms with Crippen LogP contribution in [0.4, 0.5) is 0 Å². The fourth-order valence-corrected chi connectivity index (χ4v) is 3.51. The molecule has 1 aliphatic rings. The molecule has 0 amide bonds. The average molecular weight is 325 g/mol. The molecule has 1 saturated heterocycles. The maximum Gasteiger partial charge on any atom is 0.162 e. The van der Waals surface area contributed by atoms with Gasteiger partial charge in [0.25, 0.3) is 0 Å². The first kappa shape index (κ1) is 16.9. The SMILES string of the molecule is O=C(CCCN1CCC(CCc2ncc[nH]2)CC1)c1ccccc1. The summed E-state index contributed by atoms with van der Waals surface area (Å²) in [7, 11) is 0. The van der Waals surface area contributed by atoms with Crippen LogP contribution in [0.15, 0.2) is 42.7 Å². The Hall–Kier alpha value is -1.94. The monoisotopic (exact) mass is 325 g/mol. The first-order valence-electron chi connectivity index (χ1n) is 9.10. The quantitative estimate of drug-likeness (QED) is 0.753. The highest BCUT2D eigenvalue weighted by Gasteiger charge is 2.19. The third-order valence-electron chi connectivity index (χ3n) is 5.03. The number of likely N-dealkylation sites (tertiary alicyclic amines) is 1. The minimum absolute atomic E-state index is 0.268. The minimum atomic E-state index is 0.268. The van der Waals surface area contributed by atoms with Crippen molar-refractivity contribution < 1.29 is 4.79 Å². The van der Waals surface area contributed by atoms with E-state index in [-0.39, 0.29) is 5.78 Å². The van der Waals surface area contributed by atoms with Gasteiger partial charge in [0.05, 0.1) is 0 Å². The smallest absolute Gasteiger partial charge is 0.162 e. The second-order valence-electron chi connectivity index (χ2n) is 6.75. The predicted molar refractivity (Wildman–Crippen MR) is 96.1 cm³/mol. The van der Waals surface area contributed by atoms with Crippen molar-refractivity contribution in [2.75, 3.05) is 19.6 Å². The molecule has 1 aromatic carbocycles. The summed E-state index contributed by atoms with van der Waals surface area (Å²) in [6, 6.07) is 9.63. The molecular weight excluding hydrogens is 298 g/mol. The molecule has 2 heterocycles. The van der Waals surface area contributed by atoms with Crippen LogP contribution in [-0.4, -0.2) is 40.3 Å². The number of aromatic amines is 1. The molecular formula is C20H27N3O. The van der Waals surface area contributed by atoms with Crippen molar-refractivity contribution in [3.8, 4) is 0 Å². The normalized spacial score (nSPS) is 16.3. The zero-order chi connectivity index (χ0) is 16.6. The van der Waals surface area contributed by atoms with Gasteiger partial charge in [-0.15, -0.1) is 0 Å². The van der Waals surface area contributed by atoms with Gasteiger partial charge >= 0.3 is 0 Å². The minimum Gasteiger partial charge on any atom is -0.349 e. The summed E-state index contributed by atoms with van der Waals surface area (Å²) < 4.78 is 0. The molecule has 128 valence electrons. The summed E-state index contributed by atoms with van der Waals surface area (Å²) in [6.07, 6.45) is 10.2. The number of nitrogens with zero attached hydrogens (tertiary/aromatic N) is 2. The Bertz CT molecular complexity index is 601. The van der Waals surface area contributed by atoms with Crippen molar-refractivity contribution in [3.63, 3.8) is 0 Å². The molecule has 1 fully saturated rings. The van der Waals surface area contributed by atoms with Crippen LogP contribution in [0.3, 0.4) is 0 Å². The van der Waals surface area contributed by atoms with E-state index in [4.69, 9.17) is 0 Å². The van der Waals surface area contributed by atoms with Gasteiger partial charge in [-0.2, -0.15) is 0 Å². The van der Waals surface area contributed by atoms with Crippen molar-refractivity contribution in [3.05, 3.63) is 54.1 Å². The number of carbonyl (C=O) groups is 1. The second kappa shape index (κ2) is 8.78. The van der Waals surface area contributed by atoms with Crippen molar-refractivity contribution in [1.82, 2.24) is 14.9 Å². The molecule has 4 heteroatoms. The van der Waals surface area contributed by atoms with Gasteiger partial charge in [0.2, 0.25) is 0 Å². The van der Waals surface area contributed by atoms with Crippen LogP contribution in [-0.2, 0) is 6.42 Å². The zero-order valence-electron chi connectivity index (χ0n) is 14.3. The second-order valence-corrected chi connectivity index (χ2v) is 6.75. The van der Waals surface area contributed by atoms with Crippen LogP contribution in [0.5, 0.6) is 0 Å². The summed E-state index contributed by atoms with van der Waals surface area (Å²) in [5.41, 5.74) is 0.842. The molecule has 0 aliphatic carbocycles. The van der Waals surface area contributed by atoms with Gasteiger partial charge in [-0.3, -0.25) is 4.79 Å². The Morgan fingerprint density at radius 2 is 2.00 bits per heavy atom. The number of aryl methyl sites for hydroxylation is 1. The number of hydrogen-bond acceptors (Lipinski definition) is 3. The van der Waals surface area contributed by atoms with E-state index < -0.39 is 0 Å². The topological polar surface area (TPSA) is 49.0 Å². The molecule has 0 saturated carbocycles. The van der Waals surface area contributed by atoms with Crippen molar-refractivity contribution in [2.45, 2.75) is 38.5 Å². The van der Waals surface area contributed by atoms with Gasteiger partial charge in [-0.05, 0) is 51.2 Å². The van der Waals surface area contributed by atoms with Gasteiger partial charge in [-0.25, -0.2) is 4.98 Å². The van der Waals surface area contributed by atoms with E-state index in [1.807, 2.05) is 42.7 Å². The van der Waals surface area contributed by atoms with Gasteiger partial charge in [0, 0.05) is 30.8 Å². The number of Topliss-reactive ketones (excluding diaryl/α,β-unsaturated/α-hetero) is 1. The summed E-state index contributed by atoms with van der Waals surface area (Å²) >= 11 is 0. The molecule has 0 unspecified atom stereocenters. The third kappa shape index (κ3) is 5.03. The molecule has 0 spiro atoms. The van der Waals surface area contributed by atoms with E-state index in [0.29, 0.717) is 6.42 Å². The van der Waals surface area contributed by atoms with E-state index in [9.17, 15) is 4.79 Å². The van der Waals surface area contributed by atoms with E-state index in [0.717, 1.165) is 36.7 Å². The number of benzene rings is 1. The lowest BCUT2D eigenvalue weighted by molar-refractivity contribution is 0.0970. The maximum atomic E-state index is 12.1. The Labute approximate surface area is 144 Å². The number of nitrogens with one attached hydrogen (secondary N) is 1. The fourth-order valence-electron chi connectivity index (χ4n) is 3.51. The van der Waals surface area contributed by atoms with Crippen LogP contribution >= 0.6 is 0 Å². The Balaban J connectivity index is 1.30. The number of piperidine rings is 1. The van der Waals surface area contributed by atoms with Gasteiger partial charge in [-0.1, -0.05) is 30.3 Å². The number of carbonyl (C=O) groups excluding carboxylic acids is 1. The molecule has 0 atom stereocenters. The number of imidazole rings is 1. The molecule has 0 radical (unpaired) electrons. The van der Waals surface area contributed by atoms with E-state index >= 15 is 0 Å². The zero-order valence-corrected chi connectivity index (χ0v) is 14.3. The van der Waals surface area contributed by atoms with Crippen LogP contribution in [0.25, 0.3) is 0 Å². The third-order valence-corrected chi connectivity index (χ3v) is 5.03. The Kier molecular flexibility index (Phi) is 6.19. The average Bonchev–Trinajstić information content (AvgIpc) is 3.15. The largest absolute Gasteiger partial charge is 0.349 e.